The second-order valence-electron chi connectivity index (χ2n) is 8.61. The molecular formula is C26H28N4O3. The fourth-order valence-corrected chi connectivity index (χ4v) is 4.08. The van der Waals surface area contributed by atoms with E-state index in [0.29, 0.717) is 16.8 Å². The van der Waals surface area contributed by atoms with Gasteiger partial charge in [0.15, 0.2) is 5.82 Å². The maximum atomic E-state index is 12.6. The fraction of sp³-hybridized carbons (Fsp3) is 0.231. The zero-order valence-corrected chi connectivity index (χ0v) is 19.0. The number of hydrogen-bond acceptors (Lipinski definition) is 5. The molecule has 1 atom stereocenters. The number of phenols is 2. The lowest BCUT2D eigenvalue weighted by molar-refractivity contribution is 0.402. The molecule has 4 aromatic rings. The molecular weight excluding hydrogens is 416 g/mol. The maximum absolute atomic E-state index is 12.6. The Kier molecular flexibility index (Phi) is 6.33. The normalized spacial score (nSPS) is 12.2. The maximum Gasteiger partial charge on any atom is 0.348 e. The minimum absolute atomic E-state index is 0.0113. The molecule has 0 amide bonds. The molecule has 170 valence electrons. The van der Waals surface area contributed by atoms with Gasteiger partial charge in [0.2, 0.25) is 0 Å². The van der Waals surface area contributed by atoms with Gasteiger partial charge in [0.1, 0.15) is 11.5 Å². The van der Waals surface area contributed by atoms with E-state index < -0.39 is 5.69 Å². The van der Waals surface area contributed by atoms with Gasteiger partial charge in [0, 0.05) is 12.6 Å². The van der Waals surface area contributed by atoms with Gasteiger partial charge < -0.3 is 15.1 Å². The number of aromatic amines is 1. The molecule has 0 spiro atoms. The first kappa shape index (κ1) is 22.4. The van der Waals surface area contributed by atoms with Gasteiger partial charge >= 0.3 is 5.69 Å². The Morgan fingerprint density at radius 2 is 1.67 bits per heavy atom. The molecule has 0 aliphatic heterocycles. The average molecular weight is 445 g/mol. The highest BCUT2D eigenvalue weighted by Crippen LogP contribution is 2.38. The summed E-state index contributed by atoms with van der Waals surface area (Å²) in [5.74, 6) is 0.131. The van der Waals surface area contributed by atoms with Crippen molar-refractivity contribution in [2.24, 2.45) is 0 Å². The van der Waals surface area contributed by atoms with Crippen LogP contribution in [0.2, 0.25) is 0 Å². The number of aromatic nitrogens is 3. The molecule has 0 saturated carbocycles. The van der Waals surface area contributed by atoms with Crippen LogP contribution in [0.15, 0.2) is 71.5 Å². The van der Waals surface area contributed by atoms with Gasteiger partial charge in [-0.1, -0.05) is 49.4 Å². The summed E-state index contributed by atoms with van der Waals surface area (Å²) in [7, 11) is 3.99. The first-order chi connectivity index (χ1) is 15.8. The van der Waals surface area contributed by atoms with Crippen LogP contribution >= 0.6 is 0 Å². The SMILES string of the molecule is CC(Cc1ccccc1)c1cc(-c2n[nH]c(=O)n2-c2ccc(CN(C)C)cc2)c(O)cc1O. The van der Waals surface area contributed by atoms with Crippen molar-refractivity contribution in [3.8, 4) is 28.6 Å². The second kappa shape index (κ2) is 9.34. The molecule has 33 heavy (non-hydrogen) atoms. The number of hydrogen-bond donors (Lipinski definition) is 3. The highest BCUT2D eigenvalue weighted by Gasteiger charge is 2.21. The summed E-state index contributed by atoms with van der Waals surface area (Å²) in [4.78, 5) is 14.7. The van der Waals surface area contributed by atoms with Crippen LogP contribution in [0.5, 0.6) is 11.5 Å². The fourth-order valence-electron chi connectivity index (χ4n) is 4.08. The summed E-state index contributed by atoms with van der Waals surface area (Å²) in [5.41, 5.74) is 3.54. The summed E-state index contributed by atoms with van der Waals surface area (Å²) >= 11 is 0. The molecule has 0 saturated heterocycles. The Balaban J connectivity index is 1.73. The summed E-state index contributed by atoms with van der Waals surface area (Å²) in [6.07, 6.45) is 0.722. The lowest BCUT2D eigenvalue weighted by atomic mass is 9.91. The molecule has 0 aliphatic rings. The van der Waals surface area contributed by atoms with Crippen LogP contribution in [0.4, 0.5) is 0 Å². The van der Waals surface area contributed by atoms with Crippen molar-refractivity contribution in [1.82, 2.24) is 19.7 Å². The van der Waals surface area contributed by atoms with Crippen molar-refractivity contribution in [2.75, 3.05) is 14.1 Å². The lowest BCUT2D eigenvalue weighted by Crippen LogP contribution is -2.16. The molecule has 7 nitrogen and oxygen atoms in total. The van der Waals surface area contributed by atoms with Crippen LogP contribution in [0.3, 0.4) is 0 Å². The zero-order chi connectivity index (χ0) is 23.5. The van der Waals surface area contributed by atoms with E-state index in [9.17, 15) is 15.0 Å². The van der Waals surface area contributed by atoms with Crippen molar-refractivity contribution in [2.45, 2.75) is 25.8 Å². The molecule has 0 fully saturated rings. The summed E-state index contributed by atoms with van der Waals surface area (Å²) < 4.78 is 1.43. The van der Waals surface area contributed by atoms with Gasteiger partial charge in [-0.25, -0.2) is 14.5 Å². The van der Waals surface area contributed by atoms with Gasteiger partial charge in [-0.15, -0.1) is 0 Å². The molecule has 1 unspecified atom stereocenters. The minimum Gasteiger partial charge on any atom is -0.508 e. The summed E-state index contributed by atoms with van der Waals surface area (Å²) in [6.45, 7) is 2.80. The Morgan fingerprint density at radius 1 is 0.970 bits per heavy atom. The van der Waals surface area contributed by atoms with Gasteiger partial charge in [-0.2, -0.15) is 5.10 Å². The van der Waals surface area contributed by atoms with E-state index in [0.717, 1.165) is 24.1 Å². The van der Waals surface area contributed by atoms with Crippen molar-refractivity contribution in [3.63, 3.8) is 0 Å². The van der Waals surface area contributed by atoms with Gasteiger partial charge in [-0.3, -0.25) is 0 Å². The van der Waals surface area contributed by atoms with E-state index in [-0.39, 0.29) is 23.2 Å². The third kappa shape index (κ3) is 4.83. The molecule has 0 bridgehead atoms. The van der Waals surface area contributed by atoms with Crippen molar-refractivity contribution < 1.29 is 10.2 Å². The monoisotopic (exact) mass is 444 g/mol. The smallest absolute Gasteiger partial charge is 0.348 e. The molecule has 1 heterocycles. The number of aromatic hydroxyl groups is 2. The highest BCUT2D eigenvalue weighted by molar-refractivity contribution is 5.69. The van der Waals surface area contributed by atoms with Crippen molar-refractivity contribution in [3.05, 3.63) is 93.9 Å². The van der Waals surface area contributed by atoms with E-state index in [1.54, 1.807) is 6.07 Å². The van der Waals surface area contributed by atoms with E-state index in [4.69, 9.17) is 0 Å². The van der Waals surface area contributed by atoms with E-state index in [2.05, 4.69) is 15.1 Å². The Morgan fingerprint density at radius 3 is 2.33 bits per heavy atom. The van der Waals surface area contributed by atoms with E-state index in [1.165, 1.54) is 10.6 Å². The van der Waals surface area contributed by atoms with Crippen molar-refractivity contribution >= 4 is 0 Å². The Labute approximate surface area is 192 Å². The van der Waals surface area contributed by atoms with Crippen LogP contribution in [-0.2, 0) is 13.0 Å². The quantitative estimate of drug-likeness (QED) is 0.400. The molecule has 3 N–H and O–H groups in total. The molecule has 7 heteroatoms. The van der Waals surface area contributed by atoms with Crippen molar-refractivity contribution in [1.29, 1.82) is 0 Å². The number of rotatable bonds is 7. The highest BCUT2D eigenvalue weighted by atomic mass is 16.3. The standard InChI is InChI=1S/C26H28N4O3/c1-17(13-18-7-5-4-6-8-18)21-14-22(24(32)15-23(21)31)25-27-28-26(33)30(25)20-11-9-19(10-12-20)16-29(2)3/h4-12,14-15,17,31-32H,13,16H2,1-3H3,(H,28,33). The van der Waals surface area contributed by atoms with E-state index >= 15 is 0 Å². The summed E-state index contributed by atoms with van der Waals surface area (Å²) in [6, 6.07) is 20.7. The van der Waals surface area contributed by atoms with Crippen LogP contribution in [0.1, 0.15) is 29.5 Å². The third-order valence-electron chi connectivity index (χ3n) is 5.67. The number of nitrogens with one attached hydrogen (secondary N) is 1. The molecule has 1 aromatic heterocycles. The molecule has 0 aliphatic carbocycles. The molecule has 0 radical (unpaired) electrons. The van der Waals surface area contributed by atoms with Gasteiger partial charge in [0.05, 0.1) is 11.3 Å². The lowest BCUT2D eigenvalue weighted by Gasteiger charge is -2.16. The topological polar surface area (TPSA) is 94.4 Å². The predicted octanol–water partition coefficient (Wildman–Crippen LogP) is 4.05. The number of H-pyrrole nitrogens is 1. The third-order valence-corrected chi connectivity index (χ3v) is 5.67. The molecule has 3 aromatic carbocycles. The zero-order valence-electron chi connectivity index (χ0n) is 19.0. The van der Waals surface area contributed by atoms with Crippen LogP contribution in [0, 0.1) is 0 Å². The Hall–Kier alpha value is -3.84. The average Bonchev–Trinajstić information content (AvgIpc) is 3.15. The van der Waals surface area contributed by atoms with Gasteiger partial charge in [-0.05, 0) is 61.3 Å². The van der Waals surface area contributed by atoms with Crippen LogP contribution in [0.25, 0.3) is 17.1 Å². The van der Waals surface area contributed by atoms with E-state index in [1.807, 2.05) is 75.6 Å². The first-order valence-electron chi connectivity index (χ1n) is 10.8. The van der Waals surface area contributed by atoms with Crippen LogP contribution < -0.4 is 5.69 Å². The number of phenolic OH excluding ortho intramolecular Hbond substituents is 2. The predicted molar refractivity (Wildman–Crippen MR) is 129 cm³/mol. The van der Waals surface area contributed by atoms with Crippen LogP contribution in [-0.4, -0.2) is 44.0 Å². The van der Waals surface area contributed by atoms with Gasteiger partial charge in [0.25, 0.3) is 0 Å². The largest absolute Gasteiger partial charge is 0.508 e. The number of nitrogens with zero attached hydrogens (tertiary/aromatic N) is 3. The second-order valence-corrected chi connectivity index (χ2v) is 8.61. The minimum atomic E-state index is -0.406. The first-order valence-corrected chi connectivity index (χ1v) is 10.8. The molecule has 4 rings (SSSR count). The Bertz CT molecular complexity index is 1290. The summed E-state index contributed by atoms with van der Waals surface area (Å²) in [5, 5.41) is 27.8. The number of benzene rings is 3.